The maximum Gasteiger partial charge on any atom is 0.261 e. The second-order valence-electron chi connectivity index (χ2n) is 6.02. The fraction of sp³-hybridized carbons (Fsp3) is 0.316. The number of sulfonamides is 1. The van der Waals surface area contributed by atoms with Crippen LogP contribution in [-0.2, 0) is 14.8 Å². The number of unbranched alkanes of at least 4 members (excludes halogenated alkanes) is 2. The average Bonchev–Trinajstić information content (AvgIpc) is 2.64. The molecule has 8 heteroatoms. The minimum Gasteiger partial charge on any atom is -0.506 e. The third kappa shape index (κ3) is 5.89. The van der Waals surface area contributed by atoms with Crippen molar-refractivity contribution in [3.8, 4) is 11.5 Å². The molecule has 0 aromatic heterocycles. The summed E-state index contributed by atoms with van der Waals surface area (Å²) in [5.74, 6) is 0.148. The van der Waals surface area contributed by atoms with Crippen LogP contribution in [0.4, 0.5) is 11.4 Å². The number of hydrogen-bond acceptors (Lipinski definition) is 5. The van der Waals surface area contributed by atoms with Crippen LogP contribution in [0.15, 0.2) is 47.4 Å². The first kappa shape index (κ1) is 20.6. The van der Waals surface area contributed by atoms with E-state index in [-0.39, 0.29) is 22.2 Å². The van der Waals surface area contributed by atoms with Gasteiger partial charge in [-0.05, 0) is 48.9 Å². The zero-order valence-electron chi connectivity index (χ0n) is 15.4. The molecule has 0 radical (unpaired) electrons. The molecule has 2 aromatic carbocycles. The van der Waals surface area contributed by atoms with Crippen molar-refractivity contribution < 1.29 is 23.1 Å². The molecule has 0 aliphatic heterocycles. The molecule has 0 saturated carbocycles. The van der Waals surface area contributed by atoms with Gasteiger partial charge in [-0.2, -0.15) is 0 Å². The topological polar surface area (TPSA) is 105 Å². The van der Waals surface area contributed by atoms with Crippen molar-refractivity contribution in [3.63, 3.8) is 0 Å². The van der Waals surface area contributed by atoms with Gasteiger partial charge in [0, 0.05) is 12.1 Å². The minimum absolute atomic E-state index is 0.0640. The normalized spacial score (nSPS) is 11.0. The number of anilines is 2. The Morgan fingerprint density at radius 2 is 1.81 bits per heavy atom. The van der Waals surface area contributed by atoms with Crippen molar-refractivity contribution in [3.05, 3.63) is 42.5 Å². The molecule has 146 valence electrons. The molecule has 0 bridgehead atoms. The third-order valence-electron chi connectivity index (χ3n) is 3.90. The predicted molar refractivity (Wildman–Crippen MR) is 105 cm³/mol. The lowest BCUT2D eigenvalue weighted by atomic mass is 10.2. The van der Waals surface area contributed by atoms with Gasteiger partial charge in [0.05, 0.1) is 17.7 Å². The molecule has 1 amide bonds. The summed E-state index contributed by atoms with van der Waals surface area (Å²) in [6.07, 6.45) is 2.97. The third-order valence-corrected chi connectivity index (χ3v) is 5.28. The van der Waals surface area contributed by atoms with E-state index in [2.05, 4.69) is 10.0 Å². The van der Waals surface area contributed by atoms with Crippen LogP contribution in [0.25, 0.3) is 0 Å². The molecule has 0 saturated heterocycles. The highest BCUT2D eigenvalue weighted by atomic mass is 32.2. The SMILES string of the molecule is CCCCCC(=O)Nc1cc(S(=O)(=O)Nc2ccc(OC)cc2)ccc1O. The molecule has 0 heterocycles. The summed E-state index contributed by atoms with van der Waals surface area (Å²) in [7, 11) is -2.36. The summed E-state index contributed by atoms with van der Waals surface area (Å²) < 4.78 is 32.6. The first-order valence-corrected chi connectivity index (χ1v) is 10.1. The van der Waals surface area contributed by atoms with Gasteiger partial charge >= 0.3 is 0 Å². The van der Waals surface area contributed by atoms with E-state index >= 15 is 0 Å². The Labute approximate surface area is 159 Å². The first-order chi connectivity index (χ1) is 12.9. The van der Waals surface area contributed by atoms with Crippen molar-refractivity contribution >= 4 is 27.3 Å². The van der Waals surface area contributed by atoms with Crippen LogP contribution in [0.3, 0.4) is 0 Å². The van der Waals surface area contributed by atoms with Gasteiger partial charge < -0.3 is 15.2 Å². The Morgan fingerprint density at radius 3 is 2.44 bits per heavy atom. The molecular weight excluding hydrogens is 368 g/mol. The zero-order chi connectivity index (χ0) is 19.9. The molecule has 2 aromatic rings. The standard InChI is InChI=1S/C19H24N2O5S/c1-3-4-5-6-19(23)20-17-13-16(11-12-18(17)22)27(24,25)21-14-7-9-15(26-2)10-8-14/h7-13,21-22H,3-6H2,1-2H3,(H,20,23). The van der Waals surface area contributed by atoms with Crippen LogP contribution in [0.1, 0.15) is 32.6 Å². The predicted octanol–water partition coefficient (Wildman–Crippen LogP) is 3.72. The zero-order valence-corrected chi connectivity index (χ0v) is 16.2. The number of amides is 1. The van der Waals surface area contributed by atoms with Crippen molar-refractivity contribution in [2.24, 2.45) is 0 Å². The van der Waals surface area contributed by atoms with E-state index in [1.54, 1.807) is 24.3 Å². The number of ether oxygens (including phenoxy) is 1. The first-order valence-electron chi connectivity index (χ1n) is 8.65. The van der Waals surface area contributed by atoms with E-state index in [0.717, 1.165) is 19.3 Å². The second-order valence-corrected chi connectivity index (χ2v) is 7.70. The molecule has 0 aliphatic carbocycles. The van der Waals surface area contributed by atoms with Gasteiger partial charge in [-0.1, -0.05) is 19.8 Å². The van der Waals surface area contributed by atoms with Gasteiger partial charge in [-0.15, -0.1) is 0 Å². The number of phenols is 1. The van der Waals surface area contributed by atoms with Crippen LogP contribution < -0.4 is 14.8 Å². The van der Waals surface area contributed by atoms with Crippen LogP contribution in [-0.4, -0.2) is 26.5 Å². The molecule has 0 atom stereocenters. The summed E-state index contributed by atoms with van der Waals surface area (Å²) >= 11 is 0. The van der Waals surface area contributed by atoms with Gasteiger partial charge in [0.25, 0.3) is 10.0 Å². The molecule has 0 aliphatic rings. The van der Waals surface area contributed by atoms with Gasteiger partial charge in [0.1, 0.15) is 11.5 Å². The van der Waals surface area contributed by atoms with Gasteiger partial charge in [0.2, 0.25) is 5.91 Å². The lowest BCUT2D eigenvalue weighted by molar-refractivity contribution is -0.116. The number of phenolic OH excluding ortho intramolecular Hbond substituents is 1. The molecule has 27 heavy (non-hydrogen) atoms. The Morgan fingerprint density at radius 1 is 1.11 bits per heavy atom. The van der Waals surface area contributed by atoms with Crippen LogP contribution in [0.2, 0.25) is 0 Å². The number of carbonyl (C=O) groups excluding carboxylic acids is 1. The molecule has 2 rings (SSSR count). The Kier molecular flexibility index (Phi) is 7.06. The van der Waals surface area contributed by atoms with Gasteiger partial charge in [-0.3, -0.25) is 9.52 Å². The minimum atomic E-state index is -3.88. The summed E-state index contributed by atoms with van der Waals surface area (Å²) in [6, 6.07) is 10.2. The van der Waals surface area contributed by atoms with Crippen molar-refractivity contribution in [1.82, 2.24) is 0 Å². The Bertz CT molecular complexity index is 879. The van der Waals surface area contributed by atoms with Gasteiger partial charge in [-0.25, -0.2) is 8.42 Å². The van der Waals surface area contributed by atoms with E-state index in [9.17, 15) is 18.3 Å². The number of carbonyl (C=O) groups is 1. The number of rotatable bonds is 9. The number of nitrogens with one attached hydrogen (secondary N) is 2. The van der Waals surface area contributed by atoms with Crippen molar-refractivity contribution in [2.45, 2.75) is 37.5 Å². The maximum absolute atomic E-state index is 12.6. The quantitative estimate of drug-likeness (QED) is 0.446. The number of aromatic hydroxyl groups is 1. The maximum atomic E-state index is 12.6. The van der Waals surface area contributed by atoms with E-state index < -0.39 is 10.0 Å². The highest BCUT2D eigenvalue weighted by Crippen LogP contribution is 2.28. The number of hydrogen-bond donors (Lipinski definition) is 3. The fourth-order valence-electron chi connectivity index (χ4n) is 2.40. The molecule has 0 fully saturated rings. The molecule has 7 nitrogen and oxygen atoms in total. The van der Waals surface area contributed by atoms with E-state index in [0.29, 0.717) is 17.9 Å². The van der Waals surface area contributed by atoms with Crippen molar-refractivity contribution in [1.29, 1.82) is 0 Å². The monoisotopic (exact) mass is 392 g/mol. The average molecular weight is 392 g/mol. The highest BCUT2D eigenvalue weighted by Gasteiger charge is 2.17. The van der Waals surface area contributed by atoms with Crippen LogP contribution in [0.5, 0.6) is 11.5 Å². The summed E-state index contributed by atoms with van der Waals surface area (Å²) in [5.41, 5.74) is 0.433. The second kappa shape index (κ2) is 9.27. The molecule has 3 N–H and O–H groups in total. The molecule has 0 spiro atoms. The fourth-order valence-corrected chi connectivity index (χ4v) is 3.49. The van der Waals surface area contributed by atoms with E-state index in [1.807, 2.05) is 6.92 Å². The lowest BCUT2D eigenvalue weighted by Crippen LogP contribution is -2.15. The van der Waals surface area contributed by atoms with Crippen molar-refractivity contribution in [2.75, 3.05) is 17.1 Å². The number of benzene rings is 2. The largest absolute Gasteiger partial charge is 0.506 e. The molecular formula is C19H24N2O5S. The van der Waals surface area contributed by atoms with E-state index in [4.69, 9.17) is 4.74 Å². The van der Waals surface area contributed by atoms with Gasteiger partial charge in [0.15, 0.2) is 0 Å². The Hall–Kier alpha value is -2.74. The number of methoxy groups -OCH3 is 1. The lowest BCUT2D eigenvalue weighted by Gasteiger charge is -2.12. The van der Waals surface area contributed by atoms with E-state index in [1.165, 1.54) is 25.3 Å². The molecule has 0 unspecified atom stereocenters. The van der Waals surface area contributed by atoms with Crippen LogP contribution >= 0.6 is 0 Å². The summed E-state index contributed by atoms with van der Waals surface area (Å²) in [4.78, 5) is 11.9. The Balaban J connectivity index is 2.15. The summed E-state index contributed by atoms with van der Waals surface area (Å²) in [5, 5.41) is 12.5. The van der Waals surface area contributed by atoms with Crippen LogP contribution in [0, 0.1) is 0 Å². The smallest absolute Gasteiger partial charge is 0.261 e. The summed E-state index contributed by atoms with van der Waals surface area (Å²) in [6.45, 7) is 2.04. The highest BCUT2D eigenvalue weighted by molar-refractivity contribution is 7.92.